The predicted octanol–water partition coefficient (Wildman–Crippen LogP) is 5.26. The van der Waals surface area contributed by atoms with Gasteiger partial charge in [0.1, 0.15) is 0 Å². The van der Waals surface area contributed by atoms with Crippen LogP contribution in [0.4, 0.5) is 0 Å². The Morgan fingerprint density at radius 1 is 1.42 bits per heavy atom. The molecule has 1 atom stereocenters. The Labute approximate surface area is 142 Å². The number of carbonyl (C=O) groups excluding carboxylic acids is 1. The molecule has 1 heterocycles. The molecule has 0 radical (unpaired) electrons. The molecule has 0 saturated heterocycles. The van der Waals surface area contributed by atoms with Crippen LogP contribution in [0, 0.1) is 3.57 Å². The first-order chi connectivity index (χ1) is 8.97. The van der Waals surface area contributed by atoms with Crippen molar-refractivity contribution in [1.29, 1.82) is 0 Å². The van der Waals surface area contributed by atoms with Gasteiger partial charge in [0.05, 0.1) is 15.9 Å². The summed E-state index contributed by atoms with van der Waals surface area (Å²) >= 11 is 13.0. The van der Waals surface area contributed by atoms with E-state index < -0.39 is 0 Å². The van der Waals surface area contributed by atoms with Gasteiger partial charge in [-0.05, 0) is 75.8 Å². The van der Waals surface area contributed by atoms with Crippen molar-refractivity contribution in [3.05, 3.63) is 53.2 Å². The van der Waals surface area contributed by atoms with Gasteiger partial charge in [-0.2, -0.15) is 0 Å². The fraction of sp³-hybridized carbons (Fsp3) is 0.154. The highest BCUT2D eigenvalue weighted by Crippen LogP contribution is 2.27. The molecule has 2 rings (SSSR count). The van der Waals surface area contributed by atoms with E-state index in [0.717, 1.165) is 17.3 Å². The van der Waals surface area contributed by atoms with Crippen molar-refractivity contribution in [2.24, 2.45) is 0 Å². The molecule has 19 heavy (non-hydrogen) atoms. The van der Waals surface area contributed by atoms with Crippen LogP contribution in [0.25, 0.3) is 0 Å². The zero-order valence-electron chi connectivity index (χ0n) is 9.91. The van der Waals surface area contributed by atoms with Gasteiger partial charge in [-0.3, -0.25) is 4.79 Å². The molecule has 1 unspecified atom stereocenters. The average molecular weight is 471 g/mol. The van der Waals surface area contributed by atoms with Crippen molar-refractivity contribution >= 4 is 67.4 Å². The molecule has 6 heteroatoms. The molecule has 2 aromatic rings. The molecule has 2 nitrogen and oxygen atoms in total. The van der Waals surface area contributed by atoms with Crippen LogP contribution in [0.5, 0.6) is 0 Å². The number of benzene rings is 1. The molecule has 0 fully saturated rings. The van der Waals surface area contributed by atoms with Crippen LogP contribution in [0.3, 0.4) is 0 Å². The maximum absolute atomic E-state index is 12.2. The lowest BCUT2D eigenvalue weighted by Crippen LogP contribution is -2.26. The fourth-order valence-electron chi connectivity index (χ4n) is 1.58. The van der Waals surface area contributed by atoms with Crippen LogP contribution in [0.1, 0.15) is 28.2 Å². The van der Waals surface area contributed by atoms with Gasteiger partial charge in [0.2, 0.25) is 0 Å². The minimum Gasteiger partial charge on any atom is -0.345 e. The number of thiophene rings is 1. The van der Waals surface area contributed by atoms with Crippen LogP contribution < -0.4 is 5.32 Å². The van der Waals surface area contributed by atoms with Crippen molar-refractivity contribution in [3.8, 4) is 0 Å². The minimum atomic E-state index is -0.0950. The SMILES string of the molecule is CC(NC(=O)c1cc(I)ccc1Br)c1ccc(Cl)s1. The molecule has 1 amide bonds. The number of halogens is 3. The van der Waals surface area contributed by atoms with Crippen LogP contribution in [0.2, 0.25) is 4.34 Å². The molecule has 1 aromatic heterocycles. The Balaban J connectivity index is 2.15. The van der Waals surface area contributed by atoms with Gasteiger partial charge in [0.25, 0.3) is 5.91 Å². The first-order valence-corrected chi connectivity index (χ1v) is 8.55. The van der Waals surface area contributed by atoms with Crippen LogP contribution >= 0.6 is 61.5 Å². The number of hydrogen-bond donors (Lipinski definition) is 1. The van der Waals surface area contributed by atoms with Gasteiger partial charge in [-0.1, -0.05) is 11.6 Å². The van der Waals surface area contributed by atoms with E-state index in [9.17, 15) is 4.79 Å². The Kier molecular flexibility index (Phi) is 5.28. The molecule has 0 saturated carbocycles. The highest BCUT2D eigenvalue weighted by Gasteiger charge is 2.15. The summed E-state index contributed by atoms with van der Waals surface area (Å²) < 4.78 is 2.55. The molecule has 0 spiro atoms. The van der Waals surface area contributed by atoms with Crippen molar-refractivity contribution < 1.29 is 4.79 Å². The highest BCUT2D eigenvalue weighted by atomic mass is 127. The third kappa shape index (κ3) is 3.93. The molecule has 0 bridgehead atoms. The monoisotopic (exact) mass is 469 g/mol. The van der Waals surface area contributed by atoms with Gasteiger partial charge >= 0.3 is 0 Å². The molecular formula is C13H10BrClINOS. The lowest BCUT2D eigenvalue weighted by Gasteiger charge is -2.13. The number of nitrogens with one attached hydrogen (secondary N) is 1. The smallest absolute Gasteiger partial charge is 0.252 e. The molecule has 0 aliphatic carbocycles. The summed E-state index contributed by atoms with van der Waals surface area (Å²) in [4.78, 5) is 13.3. The molecule has 1 N–H and O–H groups in total. The molecule has 0 aliphatic rings. The van der Waals surface area contributed by atoms with E-state index in [2.05, 4.69) is 43.8 Å². The van der Waals surface area contributed by atoms with Gasteiger partial charge in [-0.25, -0.2) is 0 Å². The maximum Gasteiger partial charge on any atom is 0.252 e. The summed E-state index contributed by atoms with van der Waals surface area (Å²) in [6, 6.07) is 9.39. The predicted molar refractivity (Wildman–Crippen MR) is 92.1 cm³/mol. The van der Waals surface area contributed by atoms with Crippen molar-refractivity contribution in [3.63, 3.8) is 0 Å². The van der Waals surface area contributed by atoms with Gasteiger partial charge < -0.3 is 5.32 Å². The van der Waals surface area contributed by atoms with Crippen molar-refractivity contribution in [2.45, 2.75) is 13.0 Å². The van der Waals surface area contributed by atoms with Gasteiger partial charge in [-0.15, -0.1) is 11.3 Å². The molecule has 1 aromatic carbocycles. The maximum atomic E-state index is 12.2. The Bertz CT molecular complexity index is 616. The third-order valence-electron chi connectivity index (χ3n) is 2.54. The number of rotatable bonds is 3. The average Bonchev–Trinajstić information content (AvgIpc) is 2.79. The second-order valence-electron chi connectivity index (χ2n) is 3.96. The summed E-state index contributed by atoms with van der Waals surface area (Å²) in [5, 5.41) is 2.97. The summed E-state index contributed by atoms with van der Waals surface area (Å²) in [6.07, 6.45) is 0. The van der Waals surface area contributed by atoms with E-state index in [1.165, 1.54) is 11.3 Å². The van der Waals surface area contributed by atoms with Gasteiger partial charge in [0, 0.05) is 12.9 Å². The van der Waals surface area contributed by atoms with Crippen molar-refractivity contribution in [1.82, 2.24) is 5.32 Å². The minimum absolute atomic E-state index is 0.0604. The largest absolute Gasteiger partial charge is 0.345 e. The molecular weight excluding hydrogens is 460 g/mol. The van der Waals surface area contributed by atoms with E-state index in [1.54, 1.807) is 0 Å². The second kappa shape index (κ2) is 6.56. The van der Waals surface area contributed by atoms with Gasteiger partial charge in [0.15, 0.2) is 0 Å². The molecule has 100 valence electrons. The van der Waals surface area contributed by atoms with E-state index in [1.807, 2.05) is 37.3 Å². The highest BCUT2D eigenvalue weighted by molar-refractivity contribution is 14.1. The van der Waals surface area contributed by atoms with E-state index >= 15 is 0 Å². The first-order valence-electron chi connectivity index (χ1n) is 5.48. The quantitative estimate of drug-likeness (QED) is 0.610. The van der Waals surface area contributed by atoms with Crippen LogP contribution in [-0.2, 0) is 0 Å². The van der Waals surface area contributed by atoms with Crippen LogP contribution in [0.15, 0.2) is 34.8 Å². The number of hydrogen-bond acceptors (Lipinski definition) is 2. The summed E-state index contributed by atoms with van der Waals surface area (Å²) in [5.41, 5.74) is 0.640. The lowest BCUT2D eigenvalue weighted by molar-refractivity contribution is 0.0939. The second-order valence-corrected chi connectivity index (χ2v) is 7.81. The Morgan fingerprint density at radius 2 is 2.16 bits per heavy atom. The number of carbonyl (C=O) groups is 1. The van der Waals surface area contributed by atoms with E-state index in [4.69, 9.17) is 11.6 Å². The normalized spacial score (nSPS) is 12.2. The standard InChI is InChI=1S/C13H10BrClINOS/c1-7(11-4-5-12(15)19-11)17-13(18)9-6-8(16)2-3-10(9)14/h2-7H,1H3,(H,17,18). The summed E-state index contributed by atoms with van der Waals surface area (Å²) in [7, 11) is 0. The zero-order valence-corrected chi connectivity index (χ0v) is 15.2. The van der Waals surface area contributed by atoms with Crippen LogP contribution in [-0.4, -0.2) is 5.91 Å². The Hall–Kier alpha value is -0.110. The van der Waals surface area contributed by atoms with E-state index in [0.29, 0.717) is 5.56 Å². The fourth-order valence-corrected chi connectivity index (χ4v) is 3.56. The van der Waals surface area contributed by atoms with E-state index in [-0.39, 0.29) is 11.9 Å². The topological polar surface area (TPSA) is 29.1 Å². The summed E-state index contributed by atoms with van der Waals surface area (Å²) in [5.74, 6) is -0.0950. The molecule has 0 aliphatic heterocycles. The lowest BCUT2D eigenvalue weighted by atomic mass is 10.2. The van der Waals surface area contributed by atoms with Crippen molar-refractivity contribution in [2.75, 3.05) is 0 Å². The Morgan fingerprint density at radius 3 is 2.79 bits per heavy atom. The first kappa shape index (κ1) is 15.3. The zero-order chi connectivity index (χ0) is 14.0. The third-order valence-corrected chi connectivity index (χ3v) is 5.32. The summed E-state index contributed by atoms with van der Waals surface area (Å²) in [6.45, 7) is 1.95. The number of amides is 1.